The minimum absolute atomic E-state index is 0.0262. The first-order chi connectivity index (χ1) is 46.1. The van der Waals surface area contributed by atoms with E-state index in [4.69, 9.17) is 40.9 Å². The number of amides is 2. The summed E-state index contributed by atoms with van der Waals surface area (Å²) in [7, 11) is -11.6. The lowest BCUT2D eigenvalue weighted by atomic mass is 9.94. The van der Waals surface area contributed by atoms with Gasteiger partial charge in [-0.1, -0.05) is 24.3 Å². The van der Waals surface area contributed by atoms with Crippen molar-refractivity contribution in [3.63, 3.8) is 0 Å². The molecule has 8 rings (SSSR count). The number of aliphatic hydroxyl groups excluding tert-OH is 8. The van der Waals surface area contributed by atoms with Gasteiger partial charge in [-0.15, -0.1) is 0 Å². The summed E-state index contributed by atoms with van der Waals surface area (Å²) in [6, 6.07) is 23.2. The lowest BCUT2D eigenvalue weighted by Crippen LogP contribution is -2.27. The number of carbonyl (C=O) groups is 3. The van der Waals surface area contributed by atoms with Crippen LogP contribution in [0, 0.1) is 0 Å². The SMILES string of the molecule is CN(CCO)CCO.CN(CCO)CCO.CN(CCO)CCO.CN(CCO)CCO.O=C(Nc1ccc2c(c1)C=C(S(=O)(=O)O)/C(=N\Nc1ccc3cc(S(=O)(=O)O)ccc3c1)C2=O)Nc1ccc2c(c1)C=C(S(=O)(=O)O)/C(=N\Nc1ccc3cc(S(=O)(=O)O)ccc3c1)C2=O. The lowest BCUT2D eigenvalue weighted by molar-refractivity contribution is 0.105. The maximum atomic E-state index is 13.6. The smallest absolute Gasteiger partial charge is 0.323 e. The van der Waals surface area contributed by atoms with Crippen LogP contribution in [0.2, 0.25) is 0 Å². The summed E-state index contributed by atoms with van der Waals surface area (Å²) >= 11 is 0. The highest BCUT2D eigenvalue weighted by atomic mass is 32.2. The molecule has 0 saturated carbocycles. The maximum Gasteiger partial charge on any atom is 0.323 e. The minimum Gasteiger partial charge on any atom is -0.395 e. The van der Waals surface area contributed by atoms with Gasteiger partial charge in [0, 0.05) is 74.9 Å². The average Bonchev–Trinajstić information content (AvgIpc) is 0.777. The molecule has 0 atom stereocenters. The molecule has 0 heterocycles. The van der Waals surface area contributed by atoms with Crippen LogP contribution in [-0.2, 0) is 40.5 Å². The Kier molecular flexibility index (Phi) is 32.8. The number of nitrogens with zero attached hydrogens (tertiary/aromatic N) is 6. The average molecular weight is 1450 g/mol. The Morgan fingerprint density at radius 3 is 0.898 bits per heavy atom. The molecule has 98 heavy (non-hydrogen) atoms. The Bertz CT molecular complexity index is 4020. The molecule has 0 fully saturated rings. The Balaban J connectivity index is 0.000000524. The van der Waals surface area contributed by atoms with E-state index in [0.717, 1.165) is 12.2 Å². The van der Waals surface area contributed by atoms with E-state index in [1.54, 1.807) is 0 Å². The number of hydrazone groups is 2. The van der Waals surface area contributed by atoms with Crippen LogP contribution in [-0.4, -0.2) is 275 Å². The van der Waals surface area contributed by atoms with Crippen molar-refractivity contribution < 1.29 is 107 Å². The summed E-state index contributed by atoms with van der Waals surface area (Å²) in [5.74, 6) is -1.83. The highest BCUT2D eigenvalue weighted by molar-refractivity contribution is 7.91. The first-order valence-corrected chi connectivity index (χ1v) is 35.1. The second kappa shape index (κ2) is 39.0. The van der Waals surface area contributed by atoms with Gasteiger partial charge in [0.15, 0.2) is 11.4 Å². The number of benzene rings is 6. The Hall–Kier alpha value is -7.97. The van der Waals surface area contributed by atoms with Crippen molar-refractivity contribution in [2.75, 3.05) is 155 Å². The zero-order valence-electron chi connectivity index (χ0n) is 53.5. The van der Waals surface area contributed by atoms with Gasteiger partial charge < -0.3 is 71.1 Å². The van der Waals surface area contributed by atoms with Crippen LogP contribution < -0.4 is 21.5 Å². The van der Waals surface area contributed by atoms with Crippen molar-refractivity contribution in [3.05, 3.63) is 141 Å². The monoisotopic (exact) mass is 1450 g/mol. The molecule has 0 saturated heterocycles. The highest BCUT2D eigenvalue weighted by Gasteiger charge is 2.35. The number of hydrogen-bond donors (Lipinski definition) is 16. The molecule has 0 radical (unpaired) electrons. The fraction of sp³-hybridized carbons (Fsp3) is 0.328. The largest absolute Gasteiger partial charge is 0.395 e. The summed E-state index contributed by atoms with van der Waals surface area (Å²) in [6.45, 7) is 6.42. The number of likely N-dealkylation sites (N-methyl/N-ethyl adjacent to an activating group) is 4. The van der Waals surface area contributed by atoms with Gasteiger partial charge in [-0.05, 0) is 158 Å². The van der Waals surface area contributed by atoms with Crippen LogP contribution in [0.3, 0.4) is 0 Å². The number of rotatable bonds is 26. The number of ketones is 2. The van der Waals surface area contributed by atoms with Crippen LogP contribution in [0.15, 0.2) is 139 Å². The molecular weight excluding hydrogens is 1370 g/mol. The second-order valence-corrected chi connectivity index (χ2v) is 27.0. The first kappa shape index (κ1) is 82.5. The van der Waals surface area contributed by atoms with Gasteiger partial charge in [-0.3, -0.25) is 38.7 Å². The van der Waals surface area contributed by atoms with Crippen molar-refractivity contribution >= 4 is 126 Å². The third-order valence-corrected chi connectivity index (χ3v) is 17.2. The molecule has 536 valence electrons. The first-order valence-electron chi connectivity index (χ1n) is 29.3. The maximum absolute atomic E-state index is 13.6. The highest BCUT2D eigenvalue weighted by Crippen LogP contribution is 2.32. The predicted octanol–water partition coefficient (Wildman–Crippen LogP) is 1.53. The number of nitrogens with one attached hydrogen (secondary N) is 4. The molecule has 0 aliphatic heterocycles. The standard InChI is InChI=1S/C41H28N6O15S4.4C5H13NO2/c48-39-33-11-7-27(15-25(33)19-35(65(57,58)59)37(39)46-44-29-5-1-23-17-31(63(51,52)53)9-3-21(23)13-29)42-41(50)43-28-8-12-34-26(16-28)20-36(66(60,61)62)38(40(34)49)47-45-30-6-2-24-18-32(64(54,55)56)10-4-22(24)14-30;4*1-6(2-4-7)3-5-8/h1-20,44-45H,(H2,42,43,50)(H,51,52,53)(H,54,55,56)(H,57,58,59)(H,60,61,62);4*7-8H,2-5H2,1H3/b46-37+,47-38+;;;;. The van der Waals surface area contributed by atoms with Crippen LogP contribution >= 0.6 is 0 Å². The summed E-state index contributed by atoms with van der Waals surface area (Å²) in [4.78, 5) is 45.3. The van der Waals surface area contributed by atoms with Gasteiger partial charge >= 0.3 is 6.03 Å². The summed E-state index contributed by atoms with van der Waals surface area (Å²) in [5.41, 5.74) is 4.15. The Labute approximate surface area is 566 Å². The van der Waals surface area contributed by atoms with E-state index >= 15 is 0 Å². The number of carbonyl (C=O) groups excluding carboxylic acids is 3. The number of fused-ring (bicyclic) bond motifs is 4. The van der Waals surface area contributed by atoms with E-state index in [9.17, 15) is 66.3 Å². The van der Waals surface area contributed by atoms with Crippen molar-refractivity contribution in [2.45, 2.75) is 9.79 Å². The minimum atomic E-state index is -5.07. The molecular formula is C61H80N10O23S4. The van der Waals surface area contributed by atoms with Crippen LogP contribution in [0.4, 0.5) is 27.5 Å². The quantitative estimate of drug-likeness (QED) is 0.0270. The summed E-state index contributed by atoms with van der Waals surface area (Å²) in [6.07, 6.45) is 1.93. The van der Waals surface area contributed by atoms with E-state index in [-0.39, 0.29) is 108 Å². The molecule has 2 aliphatic rings. The fourth-order valence-electron chi connectivity index (χ4n) is 8.69. The lowest BCUT2D eigenvalue weighted by Gasteiger charge is -2.18. The molecule has 2 amide bonds. The van der Waals surface area contributed by atoms with E-state index in [2.05, 4.69) is 31.7 Å². The van der Waals surface area contributed by atoms with Gasteiger partial charge in [0.05, 0.1) is 74.0 Å². The zero-order chi connectivity index (χ0) is 73.1. The number of Topliss-reactive ketones (excluding diaryl/α,β-unsaturated/α-hetero) is 2. The molecule has 16 N–H and O–H groups in total. The molecule has 37 heteroatoms. The van der Waals surface area contributed by atoms with E-state index in [0.29, 0.717) is 73.9 Å². The predicted molar refractivity (Wildman–Crippen MR) is 370 cm³/mol. The normalized spacial score (nSPS) is 13.9. The van der Waals surface area contributed by atoms with E-state index < -0.39 is 79.3 Å². The zero-order valence-corrected chi connectivity index (χ0v) is 56.8. The number of hydrogen-bond acceptors (Lipinski definition) is 27. The van der Waals surface area contributed by atoms with Crippen LogP contribution in [0.5, 0.6) is 0 Å². The molecule has 33 nitrogen and oxygen atoms in total. The van der Waals surface area contributed by atoms with Crippen molar-refractivity contribution in [1.82, 2.24) is 19.6 Å². The Morgan fingerprint density at radius 2 is 0.633 bits per heavy atom. The van der Waals surface area contributed by atoms with E-state index in [1.807, 2.05) is 47.8 Å². The number of urea groups is 1. The fourth-order valence-corrected chi connectivity index (χ4v) is 11.0. The molecule has 0 bridgehead atoms. The molecule has 6 aromatic rings. The van der Waals surface area contributed by atoms with Gasteiger partial charge in [0.2, 0.25) is 11.6 Å². The molecule has 0 spiro atoms. The topological polar surface area (TPSA) is 516 Å². The second-order valence-electron chi connectivity index (χ2n) is 21.4. The van der Waals surface area contributed by atoms with Gasteiger partial charge in [-0.25, -0.2) is 4.79 Å². The molecule has 0 unspecified atom stereocenters. The van der Waals surface area contributed by atoms with Gasteiger partial charge in [-0.2, -0.15) is 43.9 Å². The van der Waals surface area contributed by atoms with Crippen LogP contribution in [0.1, 0.15) is 31.8 Å². The third kappa shape index (κ3) is 26.0. The van der Waals surface area contributed by atoms with Gasteiger partial charge in [0.25, 0.3) is 40.5 Å². The molecule has 2 aliphatic carbocycles. The van der Waals surface area contributed by atoms with Crippen molar-refractivity contribution in [2.24, 2.45) is 10.2 Å². The Morgan fingerprint density at radius 1 is 0.367 bits per heavy atom. The molecule has 0 aromatic heterocycles. The number of aliphatic hydroxyl groups is 8. The van der Waals surface area contributed by atoms with Crippen molar-refractivity contribution in [3.8, 4) is 0 Å². The third-order valence-electron chi connectivity index (χ3n) is 13.8. The molecule has 6 aromatic carbocycles. The van der Waals surface area contributed by atoms with Gasteiger partial charge in [0.1, 0.15) is 9.81 Å². The number of allylic oxidation sites excluding steroid dienone is 2. The summed E-state index contributed by atoms with van der Waals surface area (Å²) in [5, 5.41) is 81.5. The van der Waals surface area contributed by atoms with E-state index in [1.165, 1.54) is 109 Å². The number of anilines is 4. The van der Waals surface area contributed by atoms with Crippen LogP contribution in [0.25, 0.3) is 33.7 Å². The van der Waals surface area contributed by atoms with Crippen molar-refractivity contribution in [1.29, 1.82) is 0 Å². The summed E-state index contributed by atoms with van der Waals surface area (Å²) < 4.78 is 135.